The number of methoxy groups -OCH3 is 1. The Bertz CT molecular complexity index is 987. The molecule has 1 aromatic heterocycles. The average molecular weight is 453 g/mol. The van der Waals surface area contributed by atoms with Crippen LogP contribution in [0.4, 0.5) is 4.79 Å². The van der Waals surface area contributed by atoms with Crippen molar-refractivity contribution in [3.63, 3.8) is 0 Å². The van der Waals surface area contributed by atoms with Gasteiger partial charge < -0.3 is 14.2 Å². The van der Waals surface area contributed by atoms with Crippen molar-refractivity contribution >= 4 is 12.0 Å². The van der Waals surface area contributed by atoms with Crippen LogP contribution < -0.4 is 9.47 Å². The number of pyridine rings is 1. The fourth-order valence-corrected chi connectivity index (χ4v) is 4.84. The molecule has 0 spiro atoms. The third-order valence-corrected chi connectivity index (χ3v) is 6.54. The van der Waals surface area contributed by atoms with Gasteiger partial charge in [-0.05, 0) is 87.8 Å². The number of carbonyl (C=O) groups excluding carboxylic acids is 2. The molecule has 1 aliphatic carbocycles. The van der Waals surface area contributed by atoms with E-state index in [4.69, 9.17) is 14.2 Å². The maximum atomic E-state index is 13.8. The lowest BCUT2D eigenvalue weighted by Gasteiger charge is -2.29. The lowest BCUT2D eigenvalue weighted by molar-refractivity contribution is -0.131. The van der Waals surface area contributed by atoms with E-state index < -0.39 is 11.5 Å². The molecule has 0 N–H and O–H groups in total. The number of aromatic nitrogens is 1. The van der Waals surface area contributed by atoms with Crippen LogP contribution in [-0.4, -0.2) is 47.7 Å². The zero-order chi connectivity index (χ0) is 23.4. The molecule has 1 atom stereocenters. The van der Waals surface area contributed by atoms with Crippen LogP contribution >= 0.6 is 0 Å². The van der Waals surface area contributed by atoms with Crippen molar-refractivity contribution < 1.29 is 23.8 Å². The third-order valence-electron chi connectivity index (χ3n) is 6.54. The van der Waals surface area contributed by atoms with Gasteiger partial charge in [0.15, 0.2) is 11.5 Å². The standard InChI is InChI=1S/C26H32N2O5/c1-18(2)32-25(30)28-15-12-26(24(28)29,17-19-10-13-27-14-11-19)20-8-9-22(31-3)23(16-20)33-21-6-4-5-7-21/h8-11,13-14,16,18,21H,4-7,12,15,17H2,1-3H3. The zero-order valence-corrected chi connectivity index (χ0v) is 19.6. The van der Waals surface area contributed by atoms with E-state index in [1.165, 1.54) is 4.90 Å². The number of carbonyl (C=O) groups is 2. The molecule has 1 aliphatic heterocycles. The van der Waals surface area contributed by atoms with Crippen molar-refractivity contribution in [2.75, 3.05) is 13.7 Å². The maximum Gasteiger partial charge on any atom is 0.416 e. The molecular formula is C26H32N2O5. The summed E-state index contributed by atoms with van der Waals surface area (Å²) in [5, 5.41) is 0. The van der Waals surface area contributed by atoms with E-state index in [-0.39, 0.29) is 18.1 Å². The molecular weight excluding hydrogens is 420 g/mol. The van der Waals surface area contributed by atoms with Gasteiger partial charge in [-0.1, -0.05) is 6.07 Å². The Balaban J connectivity index is 1.72. The molecule has 2 aromatic rings. The van der Waals surface area contributed by atoms with E-state index in [0.717, 1.165) is 36.8 Å². The van der Waals surface area contributed by atoms with E-state index in [9.17, 15) is 9.59 Å². The van der Waals surface area contributed by atoms with E-state index in [0.29, 0.717) is 30.9 Å². The largest absolute Gasteiger partial charge is 0.493 e. The Kier molecular flexibility index (Phi) is 6.86. The molecule has 2 heterocycles. The lowest BCUT2D eigenvalue weighted by atomic mass is 9.74. The number of hydrogen-bond donors (Lipinski definition) is 0. The Morgan fingerprint density at radius 3 is 2.55 bits per heavy atom. The number of rotatable bonds is 7. The summed E-state index contributed by atoms with van der Waals surface area (Å²) >= 11 is 0. The molecule has 33 heavy (non-hydrogen) atoms. The first kappa shape index (κ1) is 23.1. The van der Waals surface area contributed by atoms with Crippen LogP contribution in [0.25, 0.3) is 0 Å². The second-order valence-corrected chi connectivity index (χ2v) is 9.14. The molecule has 176 valence electrons. The summed E-state index contributed by atoms with van der Waals surface area (Å²) in [6.07, 6.45) is 8.00. The van der Waals surface area contributed by atoms with Crippen LogP contribution in [-0.2, 0) is 21.4 Å². The molecule has 1 unspecified atom stereocenters. The zero-order valence-electron chi connectivity index (χ0n) is 19.6. The molecule has 1 saturated heterocycles. The fraction of sp³-hybridized carbons (Fsp3) is 0.500. The highest BCUT2D eigenvalue weighted by atomic mass is 16.6. The van der Waals surface area contributed by atoms with Gasteiger partial charge in [0.1, 0.15) is 0 Å². The second-order valence-electron chi connectivity index (χ2n) is 9.14. The summed E-state index contributed by atoms with van der Waals surface area (Å²) in [6.45, 7) is 3.86. The summed E-state index contributed by atoms with van der Waals surface area (Å²) < 4.78 is 17.2. The van der Waals surface area contributed by atoms with Crippen LogP contribution in [0.5, 0.6) is 11.5 Å². The van der Waals surface area contributed by atoms with Crippen LogP contribution in [0.2, 0.25) is 0 Å². The summed E-state index contributed by atoms with van der Waals surface area (Å²) in [4.78, 5) is 31.8. The molecule has 4 rings (SSSR count). The van der Waals surface area contributed by atoms with Gasteiger partial charge >= 0.3 is 6.09 Å². The predicted molar refractivity (Wildman–Crippen MR) is 123 cm³/mol. The van der Waals surface area contributed by atoms with Crippen molar-refractivity contribution in [2.45, 2.75) is 70.0 Å². The maximum absolute atomic E-state index is 13.8. The second kappa shape index (κ2) is 9.81. The van der Waals surface area contributed by atoms with E-state index >= 15 is 0 Å². The van der Waals surface area contributed by atoms with Gasteiger partial charge in [-0.2, -0.15) is 0 Å². The highest BCUT2D eigenvalue weighted by Gasteiger charge is 2.51. The van der Waals surface area contributed by atoms with Crippen molar-refractivity contribution in [2.24, 2.45) is 0 Å². The van der Waals surface area contributed by atoms with Crippen LogP contribution in [0.3, 0.4) is 0 Å². The predicted octanol–water partition coefficient (Wildman–Crippen LogP) is 4.67. The van der Waals surface area contributed by atoms with Gasteiger partial charge in [0, 0.05) is 18.9 Å². The Morgan fingerprint density at radius 2 is 1.88 bits per heavy atom. The normalized spacial score (nSPS) is 21.0. The smallest absolute Gasteiger partial charge is 0.416 e. The van der Waals surface area contributed by atoms with Crippen LogP contribution in [0, 0.1) is 0 Å². The van der Waals surface area contributed by atoms with Gasteiger partial charge in [-0.3, -0.25) is 9.78 Å². The topological polar surface area (TPSA) is 78.0 Å². The van der Waals surface area contributed by atoms with Crippen molar-refractivity contribution in [1.29, 1.82) is 0 Å². The lowest BCUT2D eigenvalue weighted by Crippen LogP contribution is -2.43. The van der Waals surface area contributed by atoms with Gasteiger partial charge in [0.25, 0.3) is 0 Å². The van der Waals surface area contributed by atoms with E-state index in [1.807, 2.05) is 30.3 Å². The summed E-state index contributed by atoms with van der Waals surface area (Å²) in [6, 6.07) is 9.51. The number of benzene rings is 1. The van der Waals surface area contributed by atoms with E-state index in [2.05, 4.69) is 4.98 Å². The highest BCUT2D eigenvalue weighted by molar-refractivity contribution is 6.00. The highest BCUT2D eigenvalue weighted by Crippen LogP contribution is 2.43. The summed E-state index contributed by atoms with van der Waals surface area (Å²) in [7, 11) is 1.62. The number of ether oxygens (including phenoxy) is 3. The quantitative estimate of drug-likeness (QED) is 0.608. The van der Waals surface area contributed by atoms with Crippen LogP contribution in [0.1, 0.15) is 57.1 Å². The van der Waals surface area contributed by atoms with Crippen molar-refractivity contribution in [3.05, 3.63) is 53.9 Å². The number of likely N-dealkylation sites (tertiary alicyclic amines) is 1. The Hall–Kier alpha value is -3.09. The van der Waals surface area contributed by atoms with Gasteiger partial charge in [-0.25, -0.2) is 9.69 Å². The molecule has 7 heteroatoms. The molecule has 1 saturated carbocycles. The third kappa shape index (κ3) is 4.82. The first-order valence-corrected chi connectivity index (χ1v) is 11.7. The Morgan fingerprint density at radius 1 is 1.15 bits per heavy atom. The van der Waals surface area contributed by atoms with Gasteiger partial charge in [-0.15, -0.1) is 0 Å². The minimum atomic E-state index is -0.905. The molecule has 2 aliphatic rings. The minimum Gasteiger partial charge on any atom is -0.493 e. The van der Waals surface area contributed by atoms with Crippen molar-refractivity contribution in [1.82, 2.24) is 9.88 Å². The van der Waals surface area contributed by atoms with Gasteiger partial charge in [0.05, 0.1) is 24.7 Å². The summed E-state index contributed by atoms with van der Waals surface area (Å²) in [5.74, 6) is 1.04. The number of amides is 2. The molecule has 2 fully saturated rings. The molecule has 0 radical (unpaired) electrons. The Labute approximate surface area is 195 Å². The number of imide groups is 1. The van der Waals surface area contributed by atoms with E-state index in [1.54, 1.807) is 33.4 Å². The molecule has 7 nitrogen and oxygen atoms in total. The number of nitrogens with zero attached hydrogens (tertiary/aromatic N) is 2. The molecule has 0 bridgehead atoms. The van der Waals surface area contributed by atoms with Gasteiger partial charge in [0.2, 0.25) is 5.91 Å². The average Bonchev–Trinajstić information content (AvgIpc) is 3.42. The minimum absolute atomic E-state index is 0.155. The first-order chi connectivity index (χ1) is 15.9. The summed E-state index contributed by atoms with van der Waals surface area (Å²) in [5.41, 5.74) is 0.890. The number of hydrogen-bond acceptors (Lipinski definition) is 6. The monoisotopic (exact) mass is 452 g/mol. The fourth-order valence-electron chi connectivity index (χ4n) is 4.84. The molecule has 2 amide bonds. The SMILES string of the molecule is COc1ccc(C2(Cc3ccncc3)CCN(C(=O)OC(C)C)C2=O)cc1OC1CCCC1. The van der Waals surface area contributed by atoms with Crippen LogP contribution in [0.15, 0.2) is 42.7 Å². The first-order valence-electron chi connectivity index (χ1n) is 11.7. The molecule has 1 aromatic carbocycles. The van der Waals surface area contributed by atoms with Crippen molar-refractivity contribution in [3.8, 4) is 11.5 Å².